The minimum Gasteiger partial charge on any atom is -0.497 e. The highest BCUT2D eigenvalue weighted by Gasteiger charge is 2.23. The maximum absolute atomic E-state index is 12.2. The molecule has 0 saturated carbocycles. The van der Waals surface area contributed by atoms with Crippen LogP contribution in [0.2, 0.25) is 0 Å². The number of benzene rings is 1. The molecule has 8 heteroatoms. The highest BCUT2D eigenvalue weighted by atomic mass is 16.6. The number of anilines is 1. The number of carbonyl (C=O) groups is 2. The largest absolute Gasteiger partial charge is 0.497 e. The normalized spacial score (nSPS) is 14.6. The zero-order valence-electron chi connectivity index (χ0n) is 16.2. The van der Waals surface area contributed by atoms with Crippen LogP contribution in [0, 0.1) is 0 Å². The van der Waals surface area contributed by atoms with Crippen LogP contribution in [0.4, 0.5) is 10.5 Å². The Hall–Kier alpha value is -2.48. The fourth-order valence-corrected chi connectivity index (χ4v) is 3.00. The van der Waals surface area contributed by atoms with Crippen molar-refractivity contribution in [2.24, 2.45) is 0 Å². The molecule has 2 N–H and O–H groups in total. The number of carbonyl (C=O) groups excluding carboxylic acids is 2. The van der Waals surface area contributed by atoms with Crippen molar-refractivity contribution in [1.29, 1.82) is 0 Å². The fraction of sp³-hybridized carbons (Fsp3) is 0.579. The Morgan fingerprint density at radius 1 is 1.19 bits per heavy atom. The van der Waals surface area contributed by atoms with Crippen molar-refractivity contribution >= 4 is 17.7 Å². The first-order valence-corrected chi connectivity index (χ1v) is 9.24. The molecule has 8 nitrogen and oxygen atoms in total. The standard InChI is InChI=1S/C19H29N3O5/c1-4-27-19(24)22-11-8-14(9-12-22)20-10-7-18(23)21-16-13-15(25-2)5-6-17(16)26-3/h5-6,13-14,20H,4,7-12H2,1-3H3,(H,21,23). The van der Waals surface area contributed by atoms with Crippen LogP contribution in [0.25, 0.3) is 0 Å². The first-order valence-electron chi connectivity index (χ1n) is 9.24. The van der Waals surface area contributed by atoms with Crippen molar-refractivity contribution in [3.05, 3.63) is 18.2 Å². The van der Waals surface area contributed by atoms with Gasteiger partial charge in [0, 0.05) is 38.2 Å². The second kappa shape index (κ2) is 10.6. The summed E-state index contributed by atoms with van der Waals surface area (Å²) in [5, 5.41) is 6.24. The van der Waals surface area contributed by atoms with Crippen molar-refractivity contribution in [3.8, 4) is 11.5 Å². The summed E-state index contributed by atoms with van der Waals surface area (Å²) in [5.74, 6) is 1.14. The molecular weight excluding hydrogens is 350 g/mol. The predicted octanol–water partition coefficient (Wildman–Crippen LogP) is 2.24. The van der Waals surface area contributed by atoms with Crippen LogP contribution in [0.3, 0.4) is 0 Å². The Balaban J connectivity index is 1.72. The second-order valence-electron chi connectivity index (χ2n) is 6.28. The van der Waals surface area contributed by atoms with Crippen LogP contribution in [0.1, 0.15) is 26.2 Å². The maximum atomic E-state index is 12.2. The molecule has 1 heterocycles. The molecule has 1 saturated heterocycles. The van der Waals surface area contributed by atoms with E-state index in [0.717, 1.165) is 12.8 Å². The van der Waals surface area contributed by atoms with Crippen molar-refractivity contribution in [1.82, 2.24) is 10.2 Å². The number of piperidine rings is 1. The number of likely N-dealkylation sites (tertiary alicyclic amines) is 1. The van der Waals surface area contributed by atoms with E-state index in [1.165, 1.54) is 0 Å². The van der Waals surface area contributed by atoms with E-state index in [4.69, 9.17) is 14.2 Å². The molecule has 1 aliphatic heterocycles. The number of nitrogens with one attached hydrogen (secondary N) is 2. The highest BCUT2D eigenvalue weighted by Crippen LogP contribution is 2.28. The van der Waals surface area contributed by atoms with E-state index in [9.17, 15) is 9.59 Å². The third kappa shape index (κ3) is 6.32. The number of rotatable bonds is 8. The van der Waals surface area contributed by atoms with Gasteiger partial charge in [-0.15, -0.1) is 0 Å². The predicted molar refractivity (Wildman–Crippen MR) is 102 cm³/mol. The zero-order chi connectivity index (χ0) is 19.6. The smallest absolute Gasteiger partial charge is 0.409 e. The van der Waals surface area contributed by atoms with Crippen LogP contribution in [-0.2, 0) is 9.53 Å². The molecule has 0 unspecified atom stereocenters. The van der Waals surface area contributed by atoms with Crippen LogP contribution in [0.5, 0.6) is 11.5 Å². The summed E-state index contributed by atoms with van der Waals surface area (Å²) in [6, 6.07) is 5.56. The summed E-state index contributed by atoms with van der Waals surface area (Å²) < 4.78 is 15.5. The van der Waals surface area contributed by atoms with Crippen LogP contribution >= 0.6 is 0 Å². The molecule has 150 valence electrons. The molecule has 1 aromatic carbocycles. The highest BCUT2D eigenvalue weighted by molar-refractivity contribution is 5.92. The van der Waals surface area contributed by atoms with Gasteiger partial charge in [0.1, 0.15) is 11.5 Å². The summed E-state index contributed by atoms with van der Waals surface area (Å²) in [6.45, 7) is 4.11. The van der Waals surface area contributed by atoms with E-state index in [1.807, 2.05) is 0 Å². The van der Waals surface area contributed by atoms with Crippen LogP contribution in [-0.4, -0.2) is 63.4 Å². The number of ether oxygens (including phenoxy) is 3. The van der Waals surface area contributed by atoms with Gasteiger partial charge in [0.25, 0.3) is 0 Å². The van der Waals surface area contributed by atoms with Gasteiger partial charge in [-0.25, -0.2) is 4.79 Å². The maximum Gasteiger partial charge on any atom is 0.409 e. The summed E-state index contributed by atoms with van der Waals surface area (Å²) in [5.41, 5.74) is 0.588. The quantitative estimate of drug-likeness (QED) is 0.720. The van der Waals surface area contributed by atoms with Crippen LogP contribution < -0.4 is 20.1 Å². The molecule has 1 aromatic rings. The van der Waals surface area contributed by atoms with Gasteiger partial charge in [-0.05, 0) is 31.9 Å². The van der Waals surface area contributed by atoms with Crippen molar-refractivity contribution in [2.45, 2.75) is 32.2 Å². The van der Waals surface area contributed by atoms with Gasteiger partial charge in [-0.3, -0.25) is 4.79 Å². The number of methoxy groups -OCH3 is 2. The average molecular weight is 379 g/mol. The van der Waals surface area contributed by atoms with Gasteiger partial charge in [0.05, 0.1) is 26.5 Å². The SMILES string of the molecule is CCOC(=O)N1CCC(NCCC(=O)Nc2cc(OC)ccc2OC)CC1. The Bertz CT molecular complexity index is 630. The summed E-state index contributed by atoms with van der Waals surface area (Å²) in [7, 11) is 3.13. The Morgan fingerprint density at radius 3 is 2.56 bits per heavy atom. The fourth-order valence-electron chi connectivity index (χ4n) is 3.00. The summed E-state index contributed by atoms with van der Waals surface area (Å²) in [4.78, 5) is 25.6. The van der Waals surface area contributed by atoms with Crippen molar-refractivity contribution in [2.75, 3.05) is 45.8 Å². The topological polar surface area (TPSA) is 89.1 Å². The van der Waals surface area contributed by atoms with Gasteiger partial charge < -0.3 is 29.7 Å². The van der Waals surface area contributed by atoms with E-state index in [-0.39, 0.29) is 12.0 Å². The molecule has 0 aromatic heterocycles. The van der Waals surface area contributed by atoms with E-state index in [2.05, 4.69) is 10.6 Å². The van der Waals surface area contributed by atoms with E-state index in [0.29, 0.717) is 55.9 Å². The van der Waals surface area contributed by atoms with Crippen molar-refractivity contribution in [3.63, 3.8) is 0 Å². The Kier molecular flexibility index (Phi) is 8.19. The molecule has 0 radical (unpaired) electrons. The Morgan fingerprint density at radius 2 is 1.93 bits per heavy atom. The molecular formula is C19H29N3O5. The molecule has 1 aliphatic rings. The van der Waals surface area contributed by atoms with Crippen molar-refractivity contribution < 1.29 is 23.8 Å². The lowest BCUT2D eigenvalue weighted by molar-refractivity contribution is -0.116. The van der Waals surface area contributed by atoms with Gasteiger partial charge in [0.2, 0.25) is 5.91 Å². The van der Waals surface area contributed by atoms with Gasteiger partial charge in [-0.2, -0.15) is 0 Å². The average Bonchev–Trinajstić information content (AvgIpc) is 2.68. The zero-order valence-corrected chi connectivity index (χ0v) is 16.2. The molecule has 1 fully saturated rings. The molecule has 0 spiro atoms. The number of hydrogen-bond acceptors (Lipinski definition) is 6. The second-order valence-corrected chi connectivity index (χ2v) is 6.28. The lowest BCUT2D eigenvalue weighted by atomic mass is 10.1. The van der Waals surface area contributed by atoms with E-state index in [1.54, 1.807) is 44.2 Å². The number of amides is 2. The third-order valence-corrected chi connectivity index (χ3v) is 4.49. The minimum atomic E-state index is -0.248. The molecule has 2 rings (SSSR count). The van der Waals surface area contributed by atoms with Gasteiger partial charge in [0.15, 0.2) is 0 Å². The van der Waals surface area contributed by atoms with Crippen LogP contribution in [0.15, 0.2) is 18.2 Å². The Labute approximate surface area is 160 Å². The first-order chi connectivity index (χ1) is 13.1. The number of nitrogens with zero attached hydrogens (tertiary/aromatic N) is 1. The van der Waals surface area contributed by atoms with E-state index >= 15 is 0 Å². The first kappa shape index (κ1) is 20.8. The summed E-state index contributed by atoms with van der Waals surface area (Å²) in [6.07, 6.45) is 1.80. The molecule has 0 bridgehead atoms. The number of hydrogen-bond donors (Lipinski definition) is 2. The third-order valence-electron chi connectivity index (χ3n) is 4.49. The lowest BCUT2D eigenvalue weighted by Crippen LogP contribution is -2.45. The van der Waals surface area contributed by atoms with Gasteiger partial charge in [-0.1, -0.05) is 0 Å². The lowest BCUT2D eigenvalue weighted by Gasteiger charge is -2.31. The monoisotopic (exact) mass is 379 g/mol. The molecule has 2 amide bonds. The van der Waals surface area contributed by atoms with Gasteiger partial charge >= 0.3 is 6.09 Å². The van der Waals surface area contributed by atoms with E-state index < -0.39 is 0 Å². The molecule has 0 aliphatic carbocycles. The molecule has 27 heavy (non-hydrogen) atoms. The minimum absolute atomic E-state index is 0.0991. The molecule has 0 atom stereocenters. The summed E-state index contributed by atoms with van der Waals surface area (Å²) >= 11 is 0.